The third kappa shape index (κ3) is 3.99. The lowest BCUT2D eigenvalue weighted by molar-refractivity contribution is 0.102. The molecule has 9 heteroatoms. The topological polar surface area (TPSA) is 104 Å². The van der Waals surface area contributed by atoms with Crippen LogP contribution in [-0.2, 0) is 10.0 Å². The molecule has 0 bridgehead atoms. The van der Waals surface area contributed by atoms with Crippen molar-refractivity contribution < 1.29 is 13.2 Å². The number of hydrogen-bond acceptors (Lipinski definition) is 5. The Balaban J connectivity index is 1.38. The summed E-state index contributed by atoms with van der Waals surface area (Å²) in [6.07, 6.45) is 1.70. The van der Waals surface area contributed by atoms with E-state index in [0.29, 0.717) is 5.13 Å². The van der Waals surface area contributed by atoms with Gasteiger partial charge in [-0.15, -0.1) is 11.3 Å². The Morgan fingerprint density at radius 1 is 1.16 bits per heavy atom. The Kier molecular flexibility index (Phi) is 4.88. The summed E-state index contributed by atoms with van der Waals surface area (Å²) < 4.78 is 27.5. The van der Waals surface area contributed by atoms with Gasteiger partial charge in [-0.25, -0.2) is 18.1 Å². The van der Waals surface area contributed by atoms with Gasteiger partial charge in [-0.3, -0.25) is 10.1 Å². The number of aromatic nitrogens is 2. The van der Waals surface area contributed by atoms with Crippen LogP contribution in [0.2, 0.25) is 0 Å². The molecule has 0 radical (unpaired) electrons. The molecule has 4 aromatic rings. The Morgan fingerprint density at radius 2 is 1.97 bits per heavy atom. The molecule has 5 rings (SSSR count). The number of carbonyl (C=O) groups is 1. The van der Waals surface area contributed by atoms with Crippen molar-refractivity contribution in [3.05, 3.63) is 65.2 Å². The lowest BCUT2D eigenvalue weighted by Gasteiger charge is -2.07. The molecule has 1 amide bonds. The van der Waals surface area contributed by atoms with Gasteiger partial charge in [0.15, 0.2) is 5.13 Å². The molecule has 0 saturated heterocycles. The van der Waals surface area contributed by atoms with Crippen LogP contribution in [-0.4, -0.2) is 30.3 Å². The number of fused-ring (bicyclic) bond motifs is 1. The molecule has 1 aliphatic rings. The molecule has 158 valence electrons. The van der Waals surface area contributed by atoms with Crippen LogP contribution in [0.4, 0.5) is 5.13 Å². The van der Waals surface area contributed by atoms with E-state index < -0.39 is 15.9 Å². The maximum absolute atomic E-state index is 12.7. The number of anilines is 1. The fourth-order valence-electron chi connectivity index (χ4n) is 3.52. The van der Waals surface area contributed by atoms with Crippen LogP contribution < -0.4 is 10.0 Å². The highest BCUT2D eigenvalue weighted by Crippen LogP contribution is 2.34. The summed E-state index contributed by atoms with van der Waals surface area (Å²) in [4.78, 5) is 20.8. The van der Waals surface area contributed by atoms with E-state index in [1.165, 1.54) is 23.5 Å². The average molecular weight is 453 g/mol. The molecular weight excluding hydrogens is 432 g/mol. The Morgan fingerprint density at radius 3 is 2.77 bits per heavy atom. The molecule has 1 fully saturated rings. The van der Waals surface area contributed by atoms with E-state index in [4.69, 9.17) is 0 Å². The van der Waals surface area contributed by atoms with Crippen molar-refractivity contribution in [2.45, 2.75) is 30.7 Å². The van der Waals surface area contributed by atoms with Crippen molar-refractivity contribution in [2.75, 3.05) is 5.32 Å². The van der Waals surface area contributed by atoms with Crippen LogP contribution in [0.25, 0.3) is 22.2 Å². The van der Waals surface area contributed by atoms with Crippen molar-refractivity contribution in [3.8, 4) is 11.3 Å². The fourth-order valence-corrected chi connectivity index (χ4v) is 5.56. The minimum absolute atomic E-state index is 0.00388. The van der Waals surface area contributed by atoms with Crippen molar-refractivity contribution in [1.82, 2.24) is 14.7 Å². The number of nitrogens with zero attached hydrogens (tertiary/aromatic N) is 1. The van der Waals surface area contributed by atoms with Crippen LogP contribution in [0.15, 0.2) is 58.8 Å². The van der Waals surface area contributed by atoms with Gasteiger partial charge in [-0.05, 0) is 44.0 Å². The van der Waals surface area contributed by atoms with Crippen molar-refractivity contribution in [1.29, 1.82) is 0 Å². The lowest BCUT2D eigenvalue weighted by Crippen LogP contribution is -2.26. The minimum atomic E-state index is -3.62. The molecule has 0 spiro atoms. The van der Waals surface area contributed by atoms with Gasteiger partial charge < -0.3 is 4.98 Å². The van der Waals surface area contributed by atoms with E-state index in [1.807, 2.05) is 36.6 Å². The molecule has 1 aliphatic carbocycles. The number of aromatic amines is 1. The van der Waals surface area contributed by atoms with Crippen molar-refractivity contribution in [3.63, 3.8) is 0 Å². The number of benzene rings is 2. The van der Waals surface area contributed by atoms with Crippen molar-refractivity contribution in [2.24, 2.45) is 0 Å². The summed E-state index contributed by atoms with van der Waals surface area (Å²) in [5.41, 5.74) is 4.09. The van der Waals surface area contributed by atoms with Crippen LogP contribution >= 0.6 is 11.3 Å². The summed E-state index contributed by atoms with van der Waals surface area (Å²) in [6, 6.07) is 14.0. The average Bonchev–Trinajstić information content (AvgIpc) is 3.32. The predicted octanol–water partition coefficient (Wildman–Crippen LogP) is 4.29. The smallest absolute Gasteiger partial charge is 0.257 e. The van der Waals surface area contributed by atoms with Gasteiger partial charge in [0.2, 0.25) is 10.0 Å². The summed E-state index contributed by atoms with van der Waals surface area (Å²) in [7, 11) is -3.62. The zero-order chi connectivity index (χ0) is 21.6. The zero-order valence-electron chi connectivity index (χ0n) is 16.7. The first-order chi connectivity index (χ1) is 14.9. The minimum Gasteiger partial charge on any atom is -0.358 e. The van der Waals surface area contributed by atoms with E-state index in [9.17, 15) is 13.2 Å². The Labute approximate surface area is 183 Å². The molecule has 3 N–H and O–H groups in total. The van der Waals surface area contributed by atoms with Gasteiger partial charge in [-0.2, -0.15) is 0 Å². The number of thiazole rings is 1. The molecule has 0 unspecified atom stereocenters. The van der Waals surface area contributed by atoms with Crippen LogP contribution in [0.3, 0.4) is 0 Å². The molecule has 0 aliphatic heterocycles. The van der Waals surface area contributed by atoms with Crippen LogP contribution in [0.5, 0.6) is 0 Å². The summed E-state index contributed by atoms with van der Waals surface area (Å²) in [5, 5.41) is 6.21. The molecule has 1 saturated carbocycles. The van der Waals surface area contributed by atoms with Gasteiger partial charge in [0, 0.05) is 39.1 Å². The highest BCUT2D eigenvalue weighted by atomic mass is 32.2. The summed E-state index contributed by atoms with van der Waals surface area (Å²) in [5.74, 6) is -0.403. The lowest BCUT2D eigenvalue weighted by atomic mass is 10.1. The van der Waals surface area contributed by atoms with E-state index in [2.05, 4.69) is 20.0 Å². The Bertz CT molecular complexity index is 1400. The van der Waals surface area contributed by atoms with Gasteiger partial charge in [-0.1, -0.05) is 24.3 Å². The van der Waals surface area contributed by atoms with Crippen molar-refractivity contribution >= 4 is 43.3 Å². The third-order valence-electron chi connectivity index (χ3n) is 5.18. The second kappa shape index (κ2) is 7.60. The second-order valence-electron chi connectivity index (χ2n) is 7.59. The van der Waals surface area contributed by atoms with Gasteiger partial charge >= 0.3 is 0 Å². The normalized spacial score (nSPS) is 14.1. The van der Waals surface area contributed by atoms with E-state index in [-0.39, 0.29) is 16.5 Å². The zero-order valence-corrected chi connectivity index (χ0v) is 18.3. The number of nitrogens with one attached hydrogen (secondary N) is 3. The predicted molar refractivity (Wildman–Crippen MR) is 122 cm³/mol. The van der Waals surface area contributed by atoms with E-state index in [1.54, 1.807) is 12.1 Å². The first-order valence-electron chi connectivity index (χ1n) is 9.88. The highest BCUT2D eigenvalue weighted by molar-refractivity contribution is 7.89. The fraction of sp³-hybridized carbons (Fsp3) is 0.182. The maximum Gasteiger partial charge on any atom is 0.257 e. The molecule has 7 nitrogen and oxygen atoms in total. The number of sulfonamides is 1. The Hall–Kier alpha value is -3.01. The summed E-state index contributed by atoms with van der Waals surface area (Å²) >= 11 is 1.33. The summed E-state index contributed by atoms with van der Waals surface area (Å²) in [6.45, 7) is 1.99. The van der Waals surface area contributed by atoms with Crippen LogP contribution in [0.1, 0.15) is 28.9 Å². The molecule has 2 aromatic heterocycles. The molecular formula is C22H20N4O3S2. The third-order valence-corrected chi connectivity index (χ3v) is 7.46. The molecule has 0 atom stereocenters. The number of H-pyrrole nitrogens is 1. The largest absolute Gasteiger partial charge is 0.358 e. The quantitative estimate of drug-likeness (QED) is 0.406. The monoisotopic (exact) mass is 452 g/mol. The van der Waals surface area contributed by atoms with E-state index >= 15 is 0 Å². The van der Waals surface area contributed by atoms with E-state index in [0.717, 1.165) is 40.7 Å². The number of amides is 1. The number of hydrogen-bond donors (Lipinski definition) is 3. The molecule has 31 heavy (non-hydrogen) atoms. The maximum atomic E-state index is 12.7. The highest BCUT2D eigenvalue weighted by Gasteiger charge is 2.28. The van der Waals surface area contributed by atoms with Gasteiger partial charge in [0.05, 0.1) is 10.6 Å². The molecule has 2 heterocycles. The first kappa shape index (κ1) is 19.9. The van der Waals surface area contributed by atoms with Gasteiger partial charge in [0.1, 0.15) is 0 Å². The number of rotatable bonds is 6. The van der Waals surface area contributed by atoms with Gasteiger partial charge in [0.25, 0.3) is 5.91 Å². The van der Waals surface area contributed by atoms with Crippen LogP contribution in [0, 0.1) is 6.92 Å². The number of aryl methyl sites for hydroxylation is 1. The standard InChI is InChI=1S/C22H20N4O3S2/c1-13-20(17-7-2-3-8-18(17)23-13)19-12-30-22(24-19)25-21(27)14-5-4-6-16(11-14)31(28,29)26-15-9-10-15/h2-8,11-12,15,23,26H,9-10H2,1H3,(H,24,25,27). The SMILES string of the molecule is Cc1[nH]c2ccccc2c1-c1csc(NC(=O)c2cccc(S(=O)(=O)NC3CC3)c2)n1. The number of carbonyl (C=O) groups excluding carboxylic acids is 1. The number of para-hydroxylation sites is 1. The second-order valence-corrected chi connectivity index (χ2v) is 10.2. The first-order valence-corrected chi connectivity index (χ1v) is 12.2. The molecule has 2 aromatic carbocycles.